The van der Waals surface area contributed by atoms with Gasteiger partial charge in [0.2, 0.25) is 0 Å². The van der Waals surface area contributed by atoms with Crippen molar-refractivity contribution in [2.45, 2.75) is 19.4 Å². The summed E-state index contributed by atoms with van der Waals surface area (Å²) >= 11 is 0. The molecule has 0 saturated carbocycles. The van der Waals surface area contributed by atoms with E-state index in [4.69, 9.17) is 0 Å². The number of hydrogen-bond acceptors (Lipinski definition) is 1. The molecule has 0 saturated heterocycles. The van der Waals surface area contributed by atoms with Crippen LogP contribution in [0.5, 0.6) is 0 Å². The van der Waals surface area contributed by atoms with Gasteiger partial charge >= 0.3 is 0 Å². The minimum Gasteiger partial charge on any atom is -0.388 e. The summed E-state index contributed by atoms with van der Waals surface area (Å²) in [5.41, 5.74) is 1.61. The summed E-state index contributed by atoms with van der Waals surface area (Å²) in [6.07, 6.45) is -0.975. The van der Waals surface area contributed by atoms with Crippen molar-refractivity contribution >= 4 is 0 Å². The lowest BCUT2D eigenvalue weighted by Crippen LogP contribution is -2.08. The maximum absolute atomic E-state index is 13.5. The Labute approximate surface area is 105 Å². The first-order chi connectivity index (χ1) is 8.59. The third kappa shape index (κ3) is 2.57. The molecule has 0 spiro atoms. The van der Waals surface area contributed by atoms with E-state index in [9.17, 15) is 13.9 Å². The zero-order valence-corrected chi connectivity index (χ0v) is 10.0. The van der Waals surface area contributed by atoms with Crippen LogP contribution in [0.25, 0.3) is 0 Å². The Bertz CT molecular complexity index is 532. The molecule has 0 radical (unpaired) electrons. The predicted octanol–water partition coefficient (Wildman–Crippen LogP) is 3.55. The summed E-state index contributed by atoms with van der Waals surface area (Å²) in [6, 6.07) is 11.1. The third-order valence-corrected chi connectivity index (χ3v) is 3.01. The highest BCUT2D eigenvalue weighted by atomic mass is 19.1. The van der Waals surface area contributed by atoms with E-state index in [-0.39, 0.29) is 12.0 Å². The van der Waals surface area contributed by atoms with Crippen molar-refractivity contribution in [1.29, 1.82) is 0 Å². The van der Waals surface area contributed by atoms with E-state index >= 15 is 0 Å². The van der Waals surface area contributed by atoms with E-state index in [0.717, 1.165) is 23.3 Å². The van der Waals surface area contributed by atoms with Gasteiger partial charge in [0.1, 0.15) is 11.6 Å². The molecule has 3 heteroatoms. The summed E-state index contributed by atoms with van der Waals surface area (Å²) in [5.74, 6) is -1.42. The van der Waals surface area contributed by atoms with Gasteiger partial charge in [-0.15, -0.1) is 0 Å². The molecular weight excluding hydrogens is 234 g/mol. The molecule has 2 rings (SSSR count). The monoisotopic (exact) mass is 248 g/mol. The van der Waals surface area contributed by atoms with Crippen LogP contribution in [0.2, 0.25) is 0 Å². The van der Waals surface area contributed by atoms with Gasteiger partial charge in [0.15, 0.2) is 0 Å². The summed E-state index contributed by atoms with van der Waals surface area (Å²) in [6.45, 7) is 1.90. The summed E-state index contributed by atoms with van der Waals surface area (Å²) in [5, 5.41) is 9.98. The standard InChI is InChI=1S/C15H14F2O/c1-10-5-2-3-6-11(10)9-14(18)15-12(16)7-4-8-13(15)17/h2-8,14,18H,9H2,1H3. The molecule has 2 aromatic carbocycles. The molecule has 18 heavy (non-hydrogen) atoms. The topological polar surface area (TPSA) is 20.2 Å². The first-order valence-electron chi connectivity index (χ1n) is 5.76. The largest absolute Gasteiger partial charge is 0.388 e. The van der Waals surface area contributed by atoms with E-state index in [1.807, 2.05) is 31.2 Å². The smallest absolute Gasteiger partial charge is 0.131 e. The van der Waals surface area contributed by atoms with Crippen LogP contribution in [0.3, 0.4) is 0 Å². The van der Waals surface area contributed by atoms with Crippen LogP contribution in [-0.4, -0.2) is 5.11 Å². The quantitative estimate of drug-likeness (QED) is 0.880. The first kappa shape index (κ1) is 12.7. The molecule has 2 aromatic rings. The molecule has 0 aromatic heterocycles. The van der Waals surface area contributed by atoms with Crippen molar-refractivity contribution < 1.29 is 13.9 Å². The minimum absolute atomic E-state index is 0.199. The van der Waals surface area contributed by atoms with Gasteiger partial charge in [0.05, 0.1) is 11.7 Å². The van der Waals surface area contributed by atoms with Crippen LogP contribution in [0.4, 0.5) is 8.78 Å². The van der Waals surface area contributed by atoms with Gasteiger partial charge in [-0.1, -0.05) is 30.3 Å². The van der Waals surface area contributed by atoms with Gasteiger partial charge in [0, 0.05) is 6.42 Å². The molecule has 0 bridgehead atoms. The van der Waals surface area contributed by atoms with E-state index in [0.29, 0.717) is 0 Å². The molecule has 0 aliphatic heterocycles. The molecule has 1 atom stereocenters. The first-order valence-corrected chi connectivity index (χ1v) is 5.76. The van der Waals surface area contributed by atoms with Crippen molar-refractivity contribution in [1.82, 2.24) is 0 Å². The second-order valence-electron chi connectivity index (χ2n) is 4.28. The van der Waals surface area contributed by atoms with E-state index < -0.39 is 17.7 Å². The van der Waals surface area contributed by atoms with Crippen LogP contribution in [0.1, 0.15) is 22.8 Å². The summed E-state index contributed by atoms with van der Waals surface area (Å²) < 4.78 is 27.0. The number of aryl methyl sites for hydroxylation is 1. The van der Waals surface area contributed by atoms with E-state index in [1.54, 1.807) is 0 Å². The fraction of sp³-hybridized carbons (Fsp3) is 0.200. The number of halogens is 2. The van der Waals surface area contributed by atoms with Gasteiger partial charge < -0.3 is 5.11 Å². The Kier molecular flexibility index (Phi) is 3.72. The number of aliphatic hydroxyl groups excluding tert-OH is 1. The fourth-order valence-corrected chi connectivity index (χ4v) is 1.98. The Hall–Kier alpha value is -1.74. The van der Waals surface area contributed by atoms with Gasteiger partial charge in [-0.3, -0.25) is 0 Å². The third-order valence-electron chi connectivity index (χ3n) is 3.01. The SMILES string of the molecule is Cc1ccccc1CC(O)c1c(F)cccc1F. The molecular formula is C15H14F2O. The van der Waals surface area contributed by atoms with Crippen LogP contribution in [0.15, 0.2) is 42.5 Å². The second kappa shape index (κ2) is 5.27. The molecule has 0 aliphatic carbocycles. The van der Waals surface area contributed by atoms with E-state index in [1.165, 1.54) is 6.07 Å². The van der Waals surface area contributed by atoms with Crippen LogP contribution >= 0.6 is 0 Å². The zero-order valence-electron chi connectivity index (χ0n) is 10.0. The van der Waals surface area contributed by atoms with Crippen molar-refractivity contribution in [2.75, 3.05) is 0 Å². The number of hydrogen-bond donors (Lipinski definition) is 1. The molecule has 0 heterocycles. The number of rotatable bonds is 3. The van der Waals surface area contributed by atoms with Crippen molar-refractivity contribution in [2.24, 2.45) is 0 Å². The lowest BCUT2D eigenvalue weighted by atomic mass is 9.97. The highest BCUT2D eigenvalue weighted by Gasteiger charge is 2.18. The Morgan fingerprint density at radius 2 is 1.61 bits per heavy atom. The van der Waals surface area contributed by atoms with Gasteiger partial charge in [-0.05, 0) is 30.2 Å². The molecule has 0 aliphatic rings. The molecule has 94 valence electrons. The summed E-state index contributed by atoms with van der Waals surface area (Å²) in [4.78, 5) is 0. The number of aliphatic hydroxyl groups is 1. The molecule has 1 unspecified atom stereocenters. The maximum Gasteiger partial charge on any atom is 0.131 e. The highest BCUT2D eigenvalue weighted by Crippen LogP contribution is 2.24. The maximum atomic E-state index is 13.5. The van der Waals surface area contributed by atoms with Crippen LogP contribution in [0, 0.1) is 18.6 Å². The average Bonchev–Trinajstić information content (AvgIpc) is 2.32. The van der Waals surface area contributed by atoms with Gasteiger partial charge in [-0.2, -0.15) is 0 Å². The Morgan fingerprint density at radius 1 is 1.00 bits per heavy atom. The average molecular weight is 248 g/mol. The molecule has 0 amide bonds. The minimum atomic E-state index is -1.17. The van der Waals surface area contributed by atoms with Crippen molar-refractivity contribution in [3.8, 4) is 0 Å². The van der Waals surface area contributed by atoms with Crippen LogP contribution in [-0.2, 0) is 6.42 Å². The lowest BCUT2D eigenvalue weighted by Gasteiger charge is -2.14. The Balaban J connectivity index is 2.28. The zero-order chi connectivity index (χ0) is 13.1. The molecule has 1 N–H and O–H groups in total. The second-order valence-corrected chi connectivity index (χ2v) is 4.28. The van der Waals surface area contributed by atoms with Crippen molar-refractivity contribution in [3.63, 3.8) is 0 Å². The predicted molar refractivity (Wildman–Crippen MR) is 66.2 cm³/mol. The van der Waals surface area contributed by atoms with Crippen LogP contribution < -0.4 is 0 Å². The van der Waals surface area contributed by atoms with Crippen molar-refractivity contribution in [3.05, 3.63) is 70.8 Å². The fourth-order valence-electron chi connectivity index (χ4n) is 1.98. The highest BCUT2D eigenvalue weighted by molar-refractivity contribution is 5.29. The number of benzene rings is 2. The lowest BCUT2D eigenvalue weighted by molar-refractivity contribution is 0.168. The van der Waals surface area contributed by atoms with E-state index in [2.05, 4.69) is 0 Å². The molecule has 1 nitrogen and oxygen atoms in total. The van der Waals surface area contributed by atoms with Gasteiger partial charge in [-0.25, -0.2) is 8.78 Å². The summed E-state index contributed by atoms with van der Waals surface area (Å²) in [7, 11) is 0. The van der Waals surface area contributed by atoms with Gasteiger partial charge in [0.25, 0.3) is 0 Å². The normalized spacial score (nSPS) is 12.4. The Morgan fingerprint density at radius 3 is 2.22 bits per heavy atom. The molecule has 0 fully saturated rings.